The van der Waals surface area contributed by atoms with Crippen molar-refractivity contribution in [3.05, 3.63) is 47.5 Å². The first-order valence-electron chi connectivity index (χ1n) is 14.9. The second-order valence-corrected chi connectivity index (χ2v) is 11.9. The standard InChI is InChI=1S/C33H41N3O5/c1-5-36-29-13-11-24(31(38)28(34-41-22(2)37)19-23-9-7-6-8-10-23)20-26(29)27-21-25(12-14-30(27)36)32(39)33(3,4)35-15-17-40-18-16-35/h11-14,20-21,23H,5-10,15-19H2,1-4H3/b34-28+. The molecule has 3 aromatic rings. The minimum atomic E-state index is -0.664. The molecule has 0 atom stereocenters. The Morgan fingerprint density at radius 3 is 2.17 bits per heavy atom. The summed E-state index contributed by atoms with van der Waals surface area (Å²) >= 11 is 0. The van der Waals surface area contributed by atoms with E-state index in [-0.39, 0.29) is 17.3 Å². The molecule has 0 spiro atoms. The summed E-state index contributed by atoms with van der Waals surface area (Å²) in [5.74, 6) is -0.347. The molecular formula is C33H41N3O5. The lowest BCUT2D eigenvalue weighted by atomic mass is 9.84. The molecule has 0 unspecified atom stereocenters. The van der Waals surface area contributed by atoms with Gasteiger partial charge in [0.2, 0.25) is 5.78 Å². The summed E-state index contributed by atoms with van der Waals surface area (Å²) in [6, 6.07) is 11.6. The summed E-state index contributed by atoms with van der Waals surface area (Å²) in [5, 5.41) is 5.87. The Balaban J connectivity index is 1.53. The van der Waals surface area contributed by atoms with Crippen molar-refractivity contribution in [1.29, 1.82) is 0 Å². The average molecular weight is 560 g/mol. The van der Waals surface area contributed by atoms with E-state index in [1.54, 1.807) is 0 Å². The van der Waals surface area contributed by atoms with E-state index in [1.165, 1.54) is 13.3 Å². The van der Waals surface area contributed by atoms with Crippen LogP contribution in [0.25, 0.3) is 21.8 Å². The van der Waals surface area contributed by atoms with Crippen LogP contribution >= 0.6 is 0 Å². The van der Waals surface area contributed by atoms with E-state index in [4.69, 9.17) is 9.57 Å². The number of morpholine rings is 1. The van der Waals surface area contributed by atoms with E-state index in [2.05, 4.69) is 21.5 Å². The van der Waals surface area contributed by atoms with Crippen molar-refractivity contribution in [3.8, 4) is 0 Å². The van der Waals surface area contributed by atoms with E-state index < -0.39 is 11.5 Å². The van der Waals surface area contributed by atoms with E-state index >= 15 is 0 Å². The molecule has 2 aliphatic rings. The highest BCUT2D eigenvalue weighted by atomic mass is 16.7. The van der Waals surface area contributed by atoms with Crippen LogP contribution in [-0.4, -0.2) is 64.6 Å². The average Bonchev–Trinajstić information content (AvgIpc) is 3.31. The first-order chi connectivity index (χ1) is 19.7. The molecule has 0 N–H and O–H groups in total. The van der Waals surface area contributed by atoms with Gasteiger partial charge < -0.3 is 14.1 Å². The summed E-state index contributed by atoms with van der Waals surface area (Å²) in [6.07, 6.45) is 6.10. The number of oxime groups is 1. The molecule has 1 aliphatic heterocycles. The van der Waals surface area contributed by atoms with Crippen molar-refractivity contribution >= 4 is 45.1 Å². The maximum Gasteiger partial charge on any atom is 0.331 e. The number of aryl methyl sites for hydroxylation is 1. The zero-order valence-electron chi connectivity index (χ0n) is 24.7. The number of Topliss-reactive ketones (excluding diaryl/α,β-unsaturated/α-hetero) is 2. The third-order valence-electron chi connectivity index (χ3n) is 8.82. The Kier molecular flexibility index (Phi) is 8.71. The number of benzene rings is 2. The minimum absolute atomic E-state index is 0.0641. The van der Waals surface area contributed by atoms with Gasteiger partial charge in [-0.3, -0.25) is 14.5 Å². The zero-order valence-corrected chi connectivity index (χ0v) is 24.7. The van der Waals surface area contributed by atoms with Crippen LogP contribution in [-0.2, 0) is 20.9 Å². The van der Waals surface area contributed by atoms with Gasteiger partial charge in [-0.25, -0.2) is 4.79 Å². The highest BCUT2D eigenvalue weighted by Gasteiger charge is 2.36. The molecule has 1 saturated heterocycles. The van der Waals surface area contributed by atoms with Gasteiger partial charge in [-0.05, 0) is 69.5 Å². The second-order valence-electron chi connectivity index (χ2n) is 11.9. The van der Waals surface area contributed by atoms with Gasteiger partial charge in [0.15, 0.2) is 5.78 Å². The number of nitrogens with zero attached hydrogens (tertiary/aromatic N) is 3. The Bertz CT molecular complexity index is 1490. The maximum absolute atomic E-state index is 13.8. The summed E-state index contributed by atoms with van der Waals surface area (Å²) in [6.45, 7) is 10.8. The number of hydrogen-bond donors (Lipinski definition) is 0. The van der Waals surface area contributed by atoms with Gasteiger partial charge in [-0.15, -0.1) is 0 Å². The molecule has 0 radical (unpaired) electrons. The van der Waals surface area contributed by atoms with Gasteiger partial charge in [0.05, 0.1) is 18.8 Å². The van der Waals surface area contributed by atoms with Gasteiger partial charge in [0.1, 0.15) is 5.71 Å². The maximum atomic E-state index is 13.8. The van der Waals surface area contributed by atoms with E-state index in [1.807, 2.05) is 50.2 Å². The monoisotopic (exact) mass is 559 g/mol. The van der Waals surface area contributed by atoms with E-state index in [0.29, 0.717) is 36.7 Å². The SMILES string of the molecule is CCn1c2ccc(C(=O)/C(CC3CCCCC3)=N/OC(C)=O)cc2c2cc(C(=O)C(C)(C)N3CCOCC3)ccc21. The van der Waals surface area contributed by atoms with Crippen LogP contribution in [0.15, 0.2) is 41.6 Å². The first-order valence-corrected chi connectivity index (χ1v) is 14.9. The molecule has 1 saturated carbocycles. The third-order valence-corrected chi connectivity index (χ3v) is 8.82. The van der Waals surface area contributed by atoms with Crippen LogP contribution < -0.4 is 0 Å². The quantitative estimate of drug-likeness (QED) is 0.135. The van der Waals surface area contributed by atoms with Crippen molar-refractivity contribution in [2.75, 3.05) is 26.3 Å². The summed E-state index contributed by atoms with van der Waals surface area (Å²) in [4.78, 5) is 46.3. The number of hydrogen-bond acceptors (Lipinski definition) is 7. The lowest BCUT2D eigenvalue weighted by Gasteiger charge is -2.39. The number of aromatic nitrogens is 1. The zero-order chi connectivity index (χ0) is 29.1. The number of carbonyl (C=O) groups excluding carboxylic acids is 3. The molecule has 2 heterocycles. The summed E-state index contributed by atoms with van der Waals surface area (Å²) < 4.78 is 7.71. The predicted molar refractivity (Wildman–Crippen MR) is 161 cm³/mol. The number of carbonyl (C=O) groups is 3. The lowest BCUT2D eigenvalue weighted by Crippen LogP contribution is -2.54. The number of rotatable bonds is 9. The van der Waals surface area contributed by atoms with Crippen LogP contribution in [0.3, 0.4) is 0 Å². The fourth-order valence-electron chi connectivity index (χ4n) is 6.47. The Morgan fingerprint density at radius 1 is 0.951 bits per heavy atom. The van der Waals surface area contributed by atoms with E-state index in [9.17, 15) is 14.4 Å². The fourth-order valence-corrected chi connectivity index (χ4v) is 6.47. The van der Waals surface area contributed by atoms with Crippen molar-refractivity contribution < 1.29 is 24.0 Å². The van der Waals surface area contributed by atoms with Crippen LogP contribution in [0.4, 0.5) is 0 Å². The Morgan fingerprint density at radius 2 is 1.56 bits per heavy atom. The van der Waals surface area contributed by atoms with Crippen LogP contribution in [0.1, 0.15) is 86.9 Å². The molecule has 1 aromatic heterocycles. The third kappa shape index (κ3) is 5.99. The molecule has 5 rings (SSSR count). The molecule has 0 bridgehead atoms. The van der Waals surface area contributed by atoms with Crippen molar-refractivity contribution in [2.24, 2.45) is 11.1 Å². The summed E-state index contributed by atoms with van der Waals surface area (Å²) in [7, 11) is 0. The fraction of sp³-hybridized carbons (Fsp3) is 0.515. The Hall–Kier alpha value is -3.36. The molecular weight excluding hydrogens is 518 g/mol. The van der Waals surface area contributed by atoms with E-state index in [0.717, 1.165) is 67.1 Å². The molecule has 8 heteroatoms. The van der Waals surface area contributed by atoms with Crippen LogP contribution in [0, 0.1) is 5.92 Å². The molecule has 218 valence electrons. The molecule has 8 nitrogen and oxygen atoms in total. The first kappa shape index (κ1) is 29.1. The highest BCUT2D eigenvalue weighted by molar-refractivity contribution is 6.46. The summed E-state index contributed by atoms with van der Waals surface area (Å²) in [5.41, 5.74) is 2.79. The predicted octanol–water partition coefficient (Wildman–Crippen LogP) is 6.18. The number of fused-ring (bicyclic) bond motifs is 3. The van der Waals surface area contributed by atoms with Gasteiger partial charge in [-0.2, -0.15) is 0 Å². The molecule has 2 fully saturated rings. The Labute approximate surface area is 241 Å². The van der Waals surface area contributed by atoms with Crippen LogP contribution in [0.2, 0.25) is 0 Å². The topological polar surface area (TPSA) is 90.2 Å². The molecule has 0 amide bonds. The van der Waals surface area contributed by atoms with Crippen molar-refractivity contribution in [2.45, 2.75) is 78.3 Å². The van der Waals surface area contributed by atoms with Crippen LogP contribution in [0.5, 0.6) is 0 Å². The van der Waals surface area contributed by atoms with Gasteiger partial charge in [0.25, 0.3) is 0 Å². The highest BCUT2D eigenvalue weighted by Crippen LogP contribution is 2.33. The van der Waals surface area contributed by atoms with Crippen molar-refractivity contribution in [1.82, 2.24) is 9.47 Å². The molecule has 1 aliphatic carbocycles. The largest absolute Gasteiger partial charge is 0.379 e. The normalized spacial score (nSPS) is 17.7. The van der Waals surface area contributed by atoms with Gasteiger partial charge in [0, 0.05) is 59.5 Å². The van der Waals surface area contributed by atoms with Crippen molar-refractivity contribution in [3.63, 3.8) is 0 Å². The molecule has 2 aromatic carbocycles. The number of ether oxygens (including phenoxy) is 1. The molecule has 41 heavy (non-hydrogen) atoms. The smallest absolute Gasteiger partial charge is 0.331 e. The lowest BCUT2D eigenvalue weighted by molar-refractivity contribution is -0.140. The number of ketones is 2. The van der Waals surface area contributed by atoms with Gasteiger partial charge in [-0.1, -0.05) is 37.3 Å². The minimum Gasteiger partial charge on any atom is -0.379 e. The van der Waals surface area contributed by atoms with Gasteiger partial charge >= 0.3 is 5.97 Å². The second kappa shape index (κ2) is 12.2.